The molecular formula is C20H20F5N3O4. The Morgan fingerprint density at radius 3 is 2.47 bits per heavy atom. The zero-order valence-corrected chi connectivity index (χ0v) is 17.3. The van der Waals surface area contributed by atoms with Gasteiger partial charge in [-0.05, 0) is 25.1 Å². The number of amides is 1. The van der Waals surface area contributed by atoms with E-state index in [2.05, 4.69) is 10.3 Å². The second-order valence-electron chi connectivity index (χ2n) is 7.31. The van der Waals surface area contributed by atoms with Gasteiger partial charge in [-0.2, -0.15) is 17.6 Å². The molecule has 0 aliphatic carbocycles. The van der Waals surface area contributed by atoms with Crippen molar-refractivity contribution in [1.82, 2.24) is 4.98 Å². The normalized spacial score (nSPS) is 21.0. The summed E-state index contributed by atoms with van der Waals surface area (Å²) >= 11 is 0. The van der Waals surface area contributed by atoms with E-state index < -0.39 is 59.6 Å². The predicted molar refractivity (Wildman–Crippen MR) is 105 cm³/mol. The molecule has 32 heavy (non-hydrogen) atoms. The molecule has 3 rings (SSSR count). The zero-order chi connectivity index (χ0) is 23.8. The Morgan fingerprint density at radius 1 is 1.22 bits per heavy atom. The monoisotopic (exact) mass is 461 g/mol. The van der Waals surface area contributed by atoms with Crippen LogP contribution < -0.4 is 20.5 Å². The van der Waals surface area contributed by atoms with Crippen LogP contribution in [0.1, 0.15) is 12.1 Å². The number of rotatable bonds is 5. The molecule has 7 nitrogen and oxygen atoms in total. The van der Waals surface area contributed by atoms with Crippen molar-refractivity contribution >= 4 is 17.3 Å². The molecule has 1 saturated heterocycles. The van der Waals surface area contributed by atoms with E-state index in [1.807, 2.05) is 0 Å². The van der Waals surface area contributed by atoms with Gasteiger partial charge in [-0.1, -0.05) is 0 Å². The molecule has 174 valence electrons. The van der Waals surface area contributed by atoms with Crippen molar-refractivity contribution in [2.45, 2.75) is 31.2 Å². The number of aryl methyl sites for hydroxylation is 1. The highest BCUT2D eigenvalue weighted by Gasteiger charge is 2.63. The largest absolute Gasteiger partial charge is 0.491 e. The van der Waals surface area contributed by atoms with Crippen LogP contribution in [0.4, 0.5) is 33.3 Å². The molecule has 0 radical (unpaired) electrons. The topological polar surface area (TPSA) is 83.7 Å². The van der Waals surface area contributed by atoms with Gasteiger partial charge < -0.3 is 24.7 Å². The van der Waals surface area contributed by atoms with Crippen LogP contribution in [0.5, 0.6) is 5.75 Å². The molecule has 0 bridgehead atoms. The number of carbonyl (C=O) groups is 1. The lowest BCUT2D eigenvalue weighted by atomic mass is 9.99. The minimum atomic E-state index is -4.87. The minimum Gasteiger partial charge on any atom is -0.491 e. The molecular weight excluding hydrogens is 441 g/mol. The molecule has 1 aromatic carbocycles. The third-order valence-corrected chi connectivity index (χ3v) is 5.45. The zero-order valence-electron chi connectivity index (χ0n) is 17.3. The summed E-state index contributed by atoms with van der Waals surface area (Å²) in [4.78, 5) is 27.9. The predicted octanol–water partition coefficient (Wildman–Crippen LogP) is 3.14. The lowest BCUT2D eigenvalue weighted by molar-refractivity contribution is -0.261. The Kier molecular flexibility index (Phi) is 6.18. The van der Waals surface area contributed by atoms with Crippen molar-refractivity contribution in [1.29, 1.82) is 0 Å². The van der Waals surface area contributed by atoms with E-state index in [1.54, 1.807) is 0 Å². The van der Waals surface area contributed by atoms with Gasteiger partial charge in [-0.15, -0.1) is 0 Å². The summed E-state index contributed by atoms with van der Waals surface area (Å²) in [6.07, 6.45) is -5.68. The number of nitrogens with one attached hydrogen (secondary N) is 2. The first-order valence-corrected chi connectivity index (χ1v) is 9.35. The number of methoxy groups -OCH3 is 2. The van der Waals surface area contributed by atoms with Gasteiger partial charge in [0.05, 0.1) is 25.0 Å². The number of halogens is 5. The highest BCUT2D eigenvalue weighted by Crippen LogP contribution is 2.47. The number of ether oxygens (including phenoxy) is 2. The number of alkyl halides is 3. The van der Waals surface area contributed by atoms with Crippen molar-refractivity contribution in [2.75, 3.05) is 31.0 Å². The Hall–Kier alpha value is -3.15. The van der Waals surface area contributed by atoms with Crippen molar-refractivity contribution in [2.24, 2.45) is 0 Å². The quantitative estimate of drug-likeness (QED) is 0.669. The fourth-order valence-electron chi connectivity index (χ4n) is 3.70. The van der Waals surface area contributed by atoms with Crippen LogP contribution in [0, 0.1) is 18.6 Å². The number of carbonyl (C=O) groups excluding carboxylic acids is 1. The van der Waals surface area contributed by atoms with Crippen LogP contribution in [0.2, 0.25) is 0 Å². The van der Waals surface area contributed by atoms with Crippen LogP contribution in [0.15, 0.2) is 29.1 Å². The molecule has 1 amide bonds. The highest BCUT2D eigenvalue weighted by molar-refractivity contribution is 5.98. The average molecular weight is 461 g/mol. The summed E-state index contributed by atoms with van der Waals surface area (Å²) in [7, 11) is 1.89. The number of hydrogen-bond acceptors (Lipinski definition) is 5. The van der Waals surface area contributed by atoms with E-state index in [0.29, 0.717) is 0 Å². The number of hydrogen-bond donors (Lipinski definition) is 2. The number of H-pyrrole nitrogens is 1. The molecule has 1 aliphatic heterocycles. The smallest absolute Gasteiger partial charge is 0.419 e. The van der Waals surface area contributed by atoms with Gasteiger partial charge in [-0.3, -0.25) is 9.59 Å². The van der Waals surface area contributed by atoms with E-state index in [1.165, 1.54) is 13.0 Å². The van der Waals surface area contributed by atoms with E-state index in [4.69, 9.17) is 9.47 Å². The van der Waals surface area contributed by atoms with Crippen LogP contribution in [-0.2, 0) is 9.53 Å². The summed E-state index contributed by atoms with van der Waals surface area (Å²) in [5.41, 5.74) is -2.95. The molecule has 2 aromatic rings. The molecule has 1 fully saturated rings. The van der Waals surface area contributed by atoms with Gasteiger partial charge in [0.1, 0.15) is 6.04 Å². The standard InChI is InChI=1S/C20H20F5N3O4/c1-10-12(5-7-15(29)26-10)27-18(30)14-8-19(32-3,20(23,24)25)9-28(14)13-6-4-11(21)16(22)17(13)31-2/h4-7,14H,8-9H2,1-3H3,(H,26,29)(H,27,30). The van der Waals surface area contributed by atoms with Crippen molar-refractivity contribution in [3.05, 3.63) is 51.9 Å². The highest BCUT2D eigenvalue weighted by atomic mass is 19.4. The molecule has 1 aromatic heterocycles. The first kappa shape index (κ1) is 23.5. The molecule has 0 spiro atoms. The van der Waals surface area contributed by atoms with E-state index in [0.717, 1.165) is 37.3 Å². The van der Waals surface area contributed by atoms with E-state index >= 15 is 0 Å². The van der Waals surface area contributed by atoms with Crippen LogP contribution >= 0.6 is 0 Å². The first-order valence-electron chi connectivity index (χ1n) is 9.35. The van der Waals surface area contributed by atoms with Gasteiger partial charge >= 0.3 is 6.18 Å². The summed E-state index contributed by atoms with van der Waals surface area (Å²) in [5, 5.41) is 2.47. The van der Waals surface area contributed by atoms with E-state index in [9.17, 15) is 31.5 Å². The average Bonchev–Trinajstić information content (AvgIpc) is 3.13. The van der Waals surface area contributed by atoms with Crippen molar-refractivity contribution in [3.63, 3.8) is 0 Å². The third kappa shape index (κ3) is 4.01. The summed E-state index contributed by atoms with van der Waals surface area (Å²) in [6.45, 7) is 0.633. The second-order valence-corrected chi connectivity index (χ2v) is 7.31. The molecule has 2 heterocycles. The maximum absolute atomic E-state index is 14.3. The molecule has 2 atom stereocenters. The minimum absolute atomic E-state index is 0.175. The Bertz CT molecular complexity index is 1090. The van der Waals surface area contributed by atoms with E-state index in [-0.39, 0.29) is 17.1 Å². The van der Waals surface area contributed by atoms with Crippen LogP contribution in [-0.4, -0.2) is 49.5 Å². The fourth-order valence-corrected chi connectivity index (χ4v) is 3.70. The maximum Gasteiger partial charge on any atom is 0.419 e. The second kappa shape index (κ2) is 8.41. The van der Waals surface area contributed by atoms with Gasteiger partial charge in [0, 0.05) is 25.3 Å². The van der Waals surface area contributed by atoms with Crippen LogP contribution in [0.3, 0.4) is 0 Å². The summed E-state index contributed by atoms with van der Waals surface area (Å²) in [5.74, 6) is -4.17. The van der Waals surface area contributed by atoms with Crippen molar-refractivity contribution in [3.8, 4) is 5.75 Å². The Labute approximate surface area is 179 Å². The van der Waals surface area contributed by atoms with Crippen LogP contribution in [0.25, 0.3) is 0 Å². The van der Waals surface area contributed by atoms with Crippen molar-refractivity contribution < 1.29 is 36.2 Å². The first-order chi connectivity index (χ1) is 14.9. The maximum atomic E-state index is 14.3. The van der Waals surface area contributed by atoms with Gasteiger partial charge in [0.25, 0.3) is 0 Å². The molecule has 2 N–H and O–H groups in total. The SMILES string of the molecule is COc1c(N2CC(OC)(C(F)(F)F)CC2C(=O)Nc2ccc(=O)[nH]c2C)ccc(F)c1F. The summed E-state index contributed by atoms with van der Waals surface area (Å²) < 4.78 is 79.4. The molecule has 2 unspecified atom stereocenters. The third-order valence-electron chi connectivity index (χ3n) is 5.45. The summed E-state index contributed by atoms with van der Waals surface area (Å²) in [6, 6.07) is 2.72. The van der Waals surface area contributed by atoms with Gasteiger partial charge in [-0.25, -0.2) is 4.39 Å². The number of anilines is 2. The molecule has 1 aliphatic rings. The number of nitrogens with zero attached hydrogens (tertiary/aromatic N) is 1. The lowest BCUT2D eigenvalue weighted by Crippen LogP contribution is -2.49. The Balaban J connectivity index is 2.07. The number of aromatic amines is 1. The van der Waals surface area contributed by atoms with Gasteiger partial charge in [0.15, 0.2) is 17.2 Å². The fraction of sp³-hybridized carbons (Fsp3) is 0.400. The molecule has 12 heteroatoms. The Morgan fingerprint density at radius 2 is 1.91 bits per heavy atom. The number of benzene rings is 1. The lowest BCUT2D eigenvalue weighted by Gasteiger charge is -2.31. The molecule has 0 saturated carbocycles. The number of pyridine rings is 1. The van der Waals surface area contributed by atoms with Gasteiger partial charge in [0.2, 0.25) is 17.3 Å². The number of aromatic nitrogens is 1.